The maximum absolute atomic E-state index is 11.5. The van der Waals surface area contributed by atoms with E-state index in [1.165, 1.54) is 12.1 Å². The first kappa shape index (κ1) is 14.0. The zero-order valence-corrected chi connectivity index (χ0v) is 10.6. The molecule has 1 amide bonds. The molecular formula is C13H18N2O3. The zero-order valence-electron chi connectivity index (χ0n) is 10.6. The van der Waals surface area contributed by atoms with Crippen LogP contribution in [-0.2, 0) is 4.79 Å². The molecule has 0 aliphatic rings. The van der Waals surface area contributed by atoms with E-state index in [0.29, 0.717) is 13.1 Å². The number of carbonyl (C=O) groups excluding carboxylic acids is 1. The van der Waals surface area contributed by atoms with Gasteiger partial charge < -0.3 is 15.3 Å². The molecule has 0 spiro atoms. The van der Waals surface area contributed by atoms with Crippen molar-refractivity contribution in [3.05, 3.63) is 29.8 Å². The molecule has 0 heterocycles. The van der Waals surface area contributed by atoms with Crippen LogP contribution in [0.25, 0.3) is 0 Å². The van der Waals surface area contributed by atoms with Crippen molar-refractivity contribution in [3.63, 3.8) is 0 Å². The number of rotatable bonds is 6. The molecule has 0 aliphatic carbocycles. The molecule has 1 aromatic rings. The minimum atomic E-state index is -0.951. The van der Waals surface area contributed by atoms with Crippen molar-refractivity contribution < 1.29 is 14.7 Å². The molecular weight excluding hydrogens is 232 g/mol. The number of nitrogens with zero attached hydrogens (tertiary/aromatic N) is 1. The van der Waals surface area contributed by atoms with Crippen LogP contribution in [0.1, 0.15) is 24.2 Å². The molecule has 2 N–H and O–H groups in total. The van der Waals surface area contributed by atoms with Crippen molar-refractivity contribution in [2.45, 2.75) is 13.8 Å². The maximum Gasteiger partial charge on any atom is 0.335 e. The topological polar surface area (TPSA) is 69.6 Å². The van der Waals surface area contributed by atoms with Crippen LogP contribution < -0.4 is 10.2 Å². The molecule has 18 heavy (non-hydrogen) atoms. The Balaban J connectivity index is 2.76. The number of hydrogen-bond donors (Lipinski definition) is 2. The first-order valence-electron chi connectivity index (χ1n) is 5.93. The normalized spacial score (nSPS) is 9.89. The van der Waals surface area contributed by atoms with Crippen LogP contribution in [0.2, 0.25) is 0 Å². The van der Waals surface area contributed by atoms with Crippen molar-refractivity contribution in [3.8, 4) is 0 Å². The Bertz CT molecular complexity index is 415. The standard InChI is InChI=1S/C13H18N2O3/c1-3-14-12(16)9-15(4-2)11-7-5-10(6-8-11)13(17)18/h5-8H,3-4,9H2,1-2H3,(H,14,16)(H,17,18). The first-order valence-corrected chi connectivity index (χ1v) is 5.93. The Hall–Kier alpha value is -2.04. The molecule has 5 heteroatoms. The SMILES string of the molecule is CCNC(=O)CN(CC)c1ccc(C(=O)O)cc1. The van der Waals surface area contributed by atoms with Crippen LogP contribution in [0.15, 0.2) is 24.3 Å². The fraction of sp³-hybridized carbons (Fsp3) is 0.385. The number of nitrogens with one attached hydrogen (secondary N) is 1. The molecule has 0 saturated carbocycles. The summed E-state index contributed by atoms with van der Waals surface area (Å²) >= 11 is 0. The summed E-state index contributed by atoms with van der Waals surface area (Å²) in [5, 5.41) is 11.5. The monoisotopic (exact) mass is 250 g/mol. The molecule has 0 aromatic heterocycles. The van der Waals surface area contributed by atoms with Gasteiger partial charge in [-0.15, -0.1) is 0 Å². The van der Waals surface area contributed by atoms with E-state index in [2.05, 4.69) is 5.32 Å². The van der Waals surface area contributed by atoms with Crippen LogP contribution in [0.3, 0.4) is 0 Å². The number of hydrogen-bond acceptors (Lipinski definition) is 3. The number of amides is 1. The number of anilines is 1. The molecule has 0 fully saturated rings. The summed E-state index contributed by atoms with van der Waals surface area (Å²) in [6, 6.07) is 6.51. The molecule has 0 atom stereocenters. The summed E-state index contributed by atoms with van der Waals surface area (Å²) in [5.74, 6) is -0.991. The molecule has 1 aromatic carbocycles. The third kappa shape index (κ3) is 3.76. The van der Waals surface area contributed by atoms with Crippen LogP contribution >= 0.6 is 0 Å². The Labute approximate surface area is 106 Å². The van der Waals surface area contributed by atoms with E-state index >= 15 is 0 Å². The van der Waals surface area contributed by atoms with Crippen molar-refractivity contribution in [2.75, 3.05) is 24.5 Å². The highest BCUT2D eigenvalue weighted by atomic mass is 16.4. The lowest BCUT2D eigenvalue weighted by molar-refractivity contribution is -0.119. The largest absolute Gasteiger partial charge is 0.478 e. The van der Waals surface area contributed by atoms with Gasteiger partial charge in [0.1, 0.15) is 0 Å². The Morgan fingerprint density at radius 2 is 1.83 bits per heavy atom. The molecule has 0 radical (unpaired) electrons. The van der Waals surface area contributed by atoms with Crippen LogP contribution in [0, 0.1) is 0 Å². The molecule has 1 rings (SSSR count). The summed E-state index contributed by atoms with van der Waals surface area (Å²) in [7, 11) is 0. The van der Waals surface area contributed by atoms with Crippen molar-refractivity contribution in [2.24, 2.45) is 0 Å². The van der Waals surface area contributed by atoms with E-state index in [4.69, 9.17) is 5.11 Å². The average molecular weight is 250 g/mol. The van der Waals surface area contributed by atoms with E-state index in [1.54, 1.807) is 12.1 Å². The molecule has 0 unspecified atom stereocenters. The van der Waals surface area contributed by atoms with E-state index < -0.39 is 5.97 Å². The van der Waals surface area contributed by atoms with E-state index in [0.717, 1.165) is 5.69 Å². The third-order valence-corrected chi connectivity index (χ3v) is 2.57. The molecule has 0 saturated heterocycles. The van der Waals surface area contributed by atoms with Crippen molar-refractivity contribution in [1.82, 2.24) is 5.32 Å². The highest BCUT2D eigenvalue weighted by molar-refractivity contribution is 5.88. The summed E-state index contributed by atoms with van der Waals surface area (Å²) in [6.45, 7) is 5.38. The number of carbonyl (C=O) groups is 2. The highest BCUT2D eigenvalue weighted by Crippen LogP contribution is 2.14. The van der Waals surface area contributed by atoms with E-state index in [9.17, 15) is 9.59 Å². The Kier molecular flexibility index (Phi) is 5.17. The van der Waals surface area contributed by atoms with Gasteiger partial charge in [-0.25, -0.2) is 4.79 Å². The lowest BCUT2D eigenvalue weighted by Gasteiger charge is -2.22. The molecule has 98 valence electrons. The van der Waals surface area contributed by atoms with Crippen LogP contribution in [0.4, 0.5) is 5.69 Å². The zero-order chi connectivity index (χ0) is 13.5. The first-order chi connectivity index (χ1) is 8.58. The summed E-state index contributed by atoms with van der Waals surface area (Å²) in [5.41, 5.74) is 1.08. The van der Waals surface area contributed by atoms with Gasteiger partial charge in [-0.05, 0) is 38.1 Å². The number of likely N-dealkylation sites (N-methyl/N-ethyl adjacent to an activating group) is 2. The second-order valence-corrected chi connectivity index (χ2v) is 3.82. The Morgan fingerprint density at radius 1 is 1.22 bits per heavy atom. The van der Waals surface area contributed by atoms with Gasteiger partial charge in [-0.3, -0.25) is 4.79 Å². The summed E-state index contributed by atoms with van der Waals surface area (Å²) in [4.78, 5) is 24.1. The van der Waals surface area contributed by atoms with E-state index in [-0.39, 0.29) is 18.0 Å². The van der Waals surface area contributed by atoms with Gasteiger partial charge in [0.2, 0.25) is 5.91 Å². The third-order valence-electron chi connectivity index (χ3n) is 2.57. The van der Waals surface area contributed by atoms with E-state index in [1.807, 2.05) is 18.7 Å². The second kappa shape index (κ2) is 6.64. The van der Waals surface area contributed by atoms with Gasteiger partial charge in [-0.2, -0.15) is 0 Å². The predicted molar refractivity (Wildman–Crippen MR) is 70.0 cm³/mol. The minimum absolute atomic E-state index is 0.0401. The smallest absolute Gasteiger partial charge is 0.335 e. The summed E-state index contributed by atoms with van der Waals surface area (Å²) < 4.78 is 0. The fourth-order valence-electron chi connectivity index (χ4n) is 1.63. The van der Waals surface area contributed by atoms with Crippen LogP contribution in [-0.4, -0.2) is 36.6 Å². The quantitative estimate of drug-likeness (QED) is 0.799. The summed E-state index contributed by atoms with van der Waals surface area (Å²) in [6.07, 6.45) is 0. The van der Waals surface area contributed by atoms with Crippen molar-refractivity contribution >= 4 is 17.6 Å². The van der Waals surface area contributed by atoms with Gasteiger partial charge in [-0.1, -0.05) is 0 Å². The number of benzene rings is 1. The highest BCUT2D eigenvalue weighted by Gasteiger charge is 2.10. The lowest BCUT2D eigenvalue weighted by atomic mass is 10.2. The fourth-order valence-corrected chi connectivity index (χ4v) is 1.63. The predicted octanol–water partition coefficient (Wildman–Crippen LogP) is 1.35. The number of aromatic carboxylic acids is 1. The maximum atomic E-state index is 11.5. The molecule has 0 aliphatic heterocycles. The Morgan fingerprint density at radius 3 is 2.28 bits per heavy atom. The average Bonchev–Trinajstić information content (AvgIpc) is 2.36. The van der Waals surface area contributed by atoms with Gasteiger partial charge >= 0.3 is 5.97 Å². The van der Waals surface area contributed by atoms with Gasteiger partial charge in [0.15, 0.2) is 0 Å². The van der Waals surface area contributed by atoms with Crippen molar-refractivity contribution in [1.29, 1.82) is 0 Å². The van der Waals surface area contributed by atoms with Gasteiger partial charge in [0.05, 0.1) is 12.1 Å². The molecule has 0 bridgehead atoms. The number of carboxylic acid groups (broad SMARTS) is 1. The van der Waals surface area contributed by atoms with Crippen LogP contribution in [0.5, 0.6) is 0 Å². The lowest BCUT2D eigenvalue weighted by Crippen LogP contribution is -2.37. The number of carboxylic acids is 1. The van der Waals surface area contributed by atoms with Gasteiger partial charge in [0.25, 0.3) is 0 Å². The second-order valence-electron chi connectivity index (χ2n) is 3.82. The molecule has 5 nitrogen and oxygen atoms in total. The minimum Gasteiger partial charge on any atom is -0.478 e. The van der Waals surface area contributed by atoms with Gasteiger partial charge in [0, 0.05) is 18.8 Å².